The smallest absolute Gasteiger partial charge is 0.274 e. The molecular formula is C24H27N5O3. The fourth-order valence-corrected chi connectivity index (χ4v) is 3.63. The monoisotopic (exact) mass is 433 g/mol. The number of carbonyl (C=O) groups excluding carboxylic acids is 1. The van der Waals surface area contributed by atoms with Crippen LogP contribution < -0.4 is 16.2 Å². The number of fused-ring (bicyclic) bond motifs is 1. The van der Waals surface area contributed by atoms with Crippen molar-refractivity contribution in [1.82, 2.24) is 14.5 Å². The van der Waals surface area contributed by atoms with E-state index in [0.717, 1.165) is 55.9 Å². The Labute approximate surface area is 186 Å². The first kappa shape index (κ1) is 21.7. The predicted octanol–water partition coefficient (Wildman–Crippen LogP) is 2.33. The number of rotatable bonds is 7. The van der Waals surface area contributed by atoms with Crippen molar-refractivity contribution in [3.63, 3.8) is 0 Å². The zero-order valence-electron chi connectivity index (χ0n) is 18.1. The van der Waals surface area contributed by atoms with Crippen LogP contribution in [-0.4, -0.2) is 59.8 Å². The molecule has 0 aliphatic carbocycles. The molecule has 3 aromatic rings. The van der Waals surface area contributed by atoms with Gasteiger partial charge in [-0.25, -0.2) is 4.98 Å². The Kier molecular flexibility index (Phi) is 6.94. The summed E-state index contributed by atoms with van der Waals surface area (Å²) in [5.74, 6) is 0.350. The van der Waals surface area contributed by atoms with Crippen LogP contribution in [0.5, 0.6) is 0 Å². The number of pyridine rings is 2. The topological polar surface area (TPSA) is 88.5 Å². The summed E-state index contributed by atoms with van der Waals surface area (Å²) in [4.78, 5) is 31.9. The summed E-state index contributed by atoms with van der Waals surface area (Å²) in [6.07, 6.45) is 4.83. The molecule has 1 aliphatic rings. The molecule has 0 saturated carbocycles. The third kappa shape index (κ3) is 5.40. The van der Waals surface area contributed by atoms with E-state index in [2.05, 4.69) is 20.5 Å². The lowest BCUT2D eigenvalue weighted by molar-refractivity contribution is -0.111. The first-order chi connectivity index (χ1) is 15.6. The molecule has 8 heteroatoms. The van der Waals surface area contributed by atoms with Gasteiger partial charge in [-0.05, 0) is 17.7 Å². The van der Waals surface area contributed by atoms with Gasteiger partial charge < -0.3 is 19.9 Å². The molecule has 2 N–H and O–H groups in total. The molecule has 1 saturated heterocycles. The second-order valence-corrected chi connectivity index (χ2v) is 7.66. The van der Waals surface area contributed by atoms with Crippen molar-refractivity contribution in [1.29, 1.82) is 0 Å². The molecule has 166 valence electrons. The average molecular weight is 434 g/mol. The molecule has 1 fully saturated rings. The highest BCUT2D eigenvalue weighted by molar-refractivity contribution is 6.02. The van der Waals surface area contributed by atoms with Gasteiger partial charge in [-0.3, -0.25) is 14.5 Å². The second-order valence-electron chi connectivity index (χ2n) is 7.66. The Morgan fingerprint density at radius 1 is 1.19 bits per heavy atom. The van der Waals surface area contributed by atoms with E-state index in [1.807, 2.05) is 36.4 Å². The number of carbonyl (C=O) groups is 1. The highest BCUT2D eigenvalue weighted by Crippen LogP contribution is 2.18. The van der Waals surface area contributed by atoms with Crippen LogP contribution in [0.1, 0.15) is 5.56 Å². The van der Waals surface area contributed by atoms with Gasteiger partial charge >= 0.3 is 0 Å². The van der Waals surface area contributed by atoms with Crippen LogP contribution in [0.25, 0.3) is 17.0 Å². The molecule has 1 aliphatic heterocycles. The minimum atomic E-state index is -0.361. The van der Waals surface area contributed by atoms with E-state index >= 15 is 0 Å². The SMILES string of the molecule is Cn1c(=O)c(NC(=O)/C=C/c2ccccc2)cc2cnc(NCCN3CCOCC3)cc21. The largest absolute Gasteiger partial charge is 0.379 e. The zero-order chi connectivity index (χ0) is 22.3. The van der Waals surface area contributed by atoms with Gasteiger partial charge in [0.1, 0.15) is 11.5 Å². The number of aromatic nitrogens is 2. The minimum Gasteiger partial charge on any atom is -0.379 e. The van der Waals surface area contributed by atoms with E-state index < -0.39 is 0 Å². The molecule has 8 nitrogen and oxygen atoms in total. The first-order valence-corrected chi connectivity index (χ1v) is 10.7. The van der Waals surface area contributed by atoms with Crippen molar-refractivity contribution in [2.75, 3.05) is 50.0 Å². The molecule has 0 unspecified atom stereocenters. The Morgan fingerprint density at radius 2 is 1.97 bits per heavy atom. The molecule has 0 atom stereocenters. The van der Waals surface area contributed by atoms with Gasteiger partial charge in [-0.1, -0.05) is 30.3 Å². The number of benzene rings is 1. The summed E-state index contributed by atoms with van der Waals surface area (Å²) in [5.41, 5.74) is 1.60. The zero-order valence-corrected chi connectivity index (χ0v) is 18.1. The second kappa shape index (κ2) is 10.2. The summed E-state index contributed by atoms with van der Waals surface area (Å²) in [5, 5.41) is 6.77. The maximum Gasteiger partial charge on any atom is 0.274 e. The lowest BCUT2D eigenvalue weighted by atomic mass is 10.2. The lowest BCUT2D eigenvalue weighted by Gasteiger charge is -2.26. The standard InChI is InChI=1S/C24H27N5O3/c1-28-21-16-22(25-9-10-29-11-13-32-14-12-29)26-17-19(21)15-20(24(28)31)27-23(30)8-7-18-5-3-2-4-6-18/h2-8,15-17H,9-14H2,1H3,(H,25,26)(H,27,30)/b8-7+. The van der Waals surface area contributed by atoms with Crippen LogP contribution in [0.2, 0.25) is 0 Å². The number of nitrogens with zero attached hydrogens (tertiary/aromatic N) is 3. The molecular weight excluding hydrogens is 406 g/mol. The number of morpholine rings is 1. The normalized spacial score (nSPS) is 14.7. The Morgan fingerprint density at radius 3 is 2.75 bits per heavy atom. The van der Waals surface area contributed by atoms with Crippen molar-refractivity contribution in [3.8, 4) is 0 Å². The Hall–Kier alpha value is -3.49. The third-order valence-corrected chi connectivity index (χ3v) is 5.43. The fourth-order valence-electron chi connectivity index (χ4n) is 3.63. The number of nitrogens with one attached hydrogen (secondary N) is 2. The molecule has 0 radical (unpaired) electrons. The minimum absolute atomic E-state index is 0.220. The number of hydrogen-bond donors (Lipinski definition) is 2. The van der Waals surface area contributed by atoms with E-state index in [1.165, 1.54) is 10.6 Å². The van der Waals surface area contributed by atoms with E-state index in [4.69, 9.17) is 4.74 Å². The summed E-state index contributed by atoms with van der Waals surface area (Å²) < 4.78 is 6.90. The predicted molar refractivity (Wildman–Crippen MR) is 127 cm³/mol. The van der Waals surface area contributed by atoms with E-state index in [9.17, 15) is 9.59 Å². The number of anilines is 2. The van der Waals surface area contributed by atoms with E-state index in [0.29, 0.717) is 5.82 Å². The van der Waals surface area contributed by atoms with Crippen LogP contribution >= 0.6 is 0 Å². The Balaban J connectivity index is 1.44. The van der Waals surface area contributed by atoms with Gasteiger partial charge in [0.05, 0.1) is 18.7 Å². The summed E-state index contributed by atoms with van der Waals surface area (Å²) in [6.45, 7) is 5.10. The highest BCUT2D eigenvalue weighted by atomic mass is 16.5. The maximum absolute atomic E-state index is 12.8. The summed E-state index contributed by atoms with van der Waals surface area (Å²) >= 11 is 0. The van der Waals surface area contributed by atoms with Crippen molar-refractivity contribution >= 4 is 34.4 Å². The molecule has 0 spiro atoms. The number of hydrogen-bond acceptors (Lipinski definition) is 6. The van der Waals surface area contributed by atoms with Gasteiger partial charge in [-0.2, -0.15) is 0 Å². The van der Waals surface area contributed by atoms with Gasteiger partial charge in [-0.15, -0.1) is 0 Å². The first-order valence-electron chi connectivity index (χ1n) is 10.7. The Bertz CT molecular complexity index is 1170. The summed E-state index contributed by atoms with van der Waals surface area (Å²) in [7, 11) is 1.69. The van der Waals surface area contributed by atoms with Crippen LogP contribution in [0.4, 0.5) is 11.5 Å². The van der Waals surface area contributed by atoms with E-state index in [1.54, 1.807) is 25.4 Å². The van der Waals surface area contributed by atoms with Gasteiger partial charge in [0.2, 0.25) is 5.91 Å². The molecule has 1 aromatic carbocycles. The number of ether oxygens (including phenoxy) is 1. The highest BCUT2D eigenvalue weighted by Gasteiger charge is 2.11. The quantitative estimate of drug-likeness (QED) is 0.556. The van der Waals surface area contributed by atoms with Crippen LogP contribution in [0.15, 0.2) is 59.5 Å². The van der Waals surface area contributed by atoms with Gasteiger partial charge in [0, 0.05) is 57.0 Å². The van der Waals surface area contributed by atoms with Crippen LogP contribution in [0, 0.1) is 0 Å². The van der Waals surface area contributed by atoms with Gasteiger partial charge in [0.25, 0.3) is 5.56 Å². The molecule has 4 rings (SSSR count). The number of aryl methyl sites for hydroxylation is 1. The third-order valence-electron chi connectivity index (χ3n) is 5.43. The fraction of sp³-hybridized carbons (Fsp3) is 0.292. The van der Waals surface area contributed by atoms with Gasteiger partial charge in [0.15, 0.2) is 0 Å². The van der Waals surface area contributed by atoms with Crippen LogP contribution in [0.3, 0.4) is 0 Å². The molecule has 2 aromatic heterocycles. The van der Waals surface area contributed by atoms with Crippen LogP contribution in [-0.2, 0) is 16.6 Å². The van der Waals surface area contributed by atoms with Crippen molar-refractivity contribution in [3.05, 3.63) is 70.7 Å². The average Bonchev–Trinajstić information content (AvgIpc) is 2.83. The molecule has 32 heavy (non-hydrogen) atoms. The number of amides is 1. The van der Waals surface area contributed by atoms with Crippen molar-refractivity contribution < 1.29 is 9.53 Å². The molecule has 3 heterocycles. The maximum atomic E-state index is 12.8. The van der Waals surface area contributed by atoms with Crippen molar-refractivity contribution in [2.24, 2.45) is 7.05 Å². The van der Waals surface area contributed by atoms with Crippen molar-refractivity contribution in [2.45, 2.75) is 0 Å². The molecule has 0 bridgehead atoms. The lowest BCUT2D eigenvalue weighted by Crippen LogP contribution is -2.39. The van der Waals surface area contributed by atoms with E-state index in [-0.39, 0.29) is 17.2 Å². The molecule has 1 amide bonds. The summed E-state index contributed by atoms with van der Waals surface area (Å²) in [6, 6.07) is 13.0.